The third-order valence-corrected chi connectivity index (χ3v) is 3.30. The van der Waals surface area contributed by atoms with Crippen LogP contribution in [0.1, 0.15) is 16.8 Å². The van der Waals surface area contributed by atoms with Crippen LogP contribution < -0.4 is 5.32 Å². The van der Waals surface area contributed by atoms with Crippen molar-refractivity contribution in [2.45, 2.75) is 12.5 Å². The maximum Gasteiger partial charge on any atom is 0.167 e. The van der Waals surface area contributed by atoms with E-state index >= 15 is 0 Å². The highest BCUT2D eigenvalue weighted by atomic mass is 19.1. The number of halogens is 2. The van der Waals surface area contributed by atoms with Gasteiger partial charge in [0.1, 0.15) is 11.6 Å². The van der Waals surface area contributed by atoms with Crippen LogP contribution in [0.25, 0.3) is 0 Å². The molecule has 5 heteroatoms. The van der Waals surface area contributed by atoms with Gasteiger partial charge < -0.3 is 10.2 Å². The predicted molar refractivity (Wildman–Crippen MR) is 64.6 cm³/mol. The summed E-state index contributed by atoms with van der Waals surface area (Å²) in [7, 11) is 1.94. The Hall–Kier alpha value is -1.33. The van der Waals surface area contributed by atoms with E-state index in [0.29, 0.717) is 6.54 Å². The molecule has 18 heavy (non-hydrogen) atoms. The van der Waals surface area contributed by atoms with Crippen LogP contribution in [0, 0.1) is 11.6 Å². The van der Waals surface area contributed by atoms with Crippen molar-refractivity contribution in [1.29, 1.82) is 0 Å². The molecule has 1 heterocycles. The highest BCUT2D eigenvalue weighted by Crippen LogP contribution is 2.15. The Morgan fingerprint density at radius 3 is 2.94 bits per heavy atom. The highest BCUT2D eigenvalue weighted by molar-refractivity contribution is 5.96. The first kappa shape index (κ1) is 13.1. The second kappa shape index (κ2) is 5.54. The maximum absolute atomic E-state index is 13.5. The largest absolute Gasteiger partial charge is 0.314 e. The Kier molecular flexibility index (Phi) is 4.04. The van der Waals surface area contributed by atoms with Gasteiger partial charge in [0.05, 0.1) is 5.56 Å². The van der Waals surface area contributed by atoms with E-state index in [4.69, 9.17) is 0 Å². The van der Waals surface area contributed by atoms with Gasteiger partial charge in [0.15, 0.2) is 5.78 Å². The number of likely N-dealkylation sites (N-methyl/N-ethyl adjacent to an activating group) is 1. The lowest BCUT2D eigenvalue weighted by Crippen LogP contribution is -2.50. The van der Waals surface area contributed by atoms with Gasteiger partial charge in [-0.15, -0.1) is 0 Å². The minimum Gasteiger partial charge on any atom is -0.314 e. The molecule has 1 saturated heterocycles. The average molecular weight is 254 g/mol. The minimum atomic E-state index is -0.786. The van der Waals surface area contributed by atoms with Crippen LogP contribution in [0.4, 0.5) is 8.78 Å². The molecule has 1 aliphatic rings. The number of hydrogen-bond donors (Lipinski definition) is 1. The first-order chi connectivity index (χ1) is 8.58. The number of rotatable bonds is 3. The van der Waals surface area contributed by atoms with Crippen LogP contribution in [-0.4, -0.2) is 43.4 Å². The van der Waals surface area contributed by atoms with E-state index in [9.17, 15) is 13.6 Å². The fourth-order valence-corrected chi connectivity index (χ4v) is 2.13. The lowest BCUT2D eigenvalue weighted by molar-refractivity contribution is 0.0913. The van der Waals surface area contributed by atoms with E-state index < -0.39 is 11.6 Å². The van der Waals surface area contributed by atoms with Gasteiger partial charge in [-0.05, 0) is 19.2 Å². The predicted octanol–water partition coefficient (Wildman–Crippen LogP) is 1.44. The molecule has 0 aliphatic carbocycles. The summed E-state index contributed by atoms with van der Waals surface area (Å²) in [5, 5.41) is 3.20. The number of hydrogen-bond acceptors (Lipinski definition) is 3. The van der Waals surface area contributed by atoms with Crippen molar-refractivity contribution >= 4 is 5.78 Å². The molecule has 98 valence electrons. The van der Waals surface area contributed by atoms with Gasteiger partial charge in [-0.3, -0.25) is 4.79 Å². The van der Waals surface area contributed by atoms with Gasteiger partial charge in [-0.2, -0.15) is 0 Å². The van der Waals surface area contributed by atoms with Crippen molar-refractivity contribution in [2.75, 3.05) is 26.7 Å². The Balaban J connectivity index is 2.07. The van der Waals surface area contributed by atoms with Gasteiger partial charge >= 0.3 is 0 Å². The fraction of sp³-hybridized carbons (Fsp3) is 0.462. The minimum absolute atomic E-state index is 0.0321. The summed E-state index contributed by atoms with van der Waals surface area (Å²) in [5.41, 5.74) is -0.0321. The zero-order valence-corrected chi connectivity index (χ0v) is 10.2. The summed E-state index contributed by atoms with van der Waals surface area (Å²) in [6.07, 6.45) is 0.242. The molecule has 1 fully saturated rings. The van der Waals surface area contributed by atoms with Gasteiger partial charge in [-0.25, -0.2) is 8.78 Å². The summed E-state index contributed by atoms with van der Waals surface area (Å²) in [5.74, 6) is -1.74. The van der Waals surface area contributed by atoms with Gasteiger partial charge in [-0.1, -0.05) is 0 Å². The molecule has 1 atom stereocenters. The van der Waals surface area contributed by atoms with Gasteiger partial charge in [0.2, 0.25) is 0 Å². The lowest BCUT2D eigenvalue weighted by atomic mass is 10.0. The second-order valence-electron chi connectivity index (χ2n) is 4.59. The van der Waals surface area contributed by atoms with Crippen LogP contribution in [-0.2, 0) is 0 Å². The van der Waals surface area contributed by atoms with Crippen molar-refractivity contribution in [3.63, 3.8) is 0 Å². The van der Waals surface area contributed by atoms with Crippen LogP contribution in [0.2, 0.25) is 0 Å². The van der Waals surface area contributed by atoms with E-state index in [2.05, 4.69) is 10.2 Å². The van der Waals surface area contributed by atoms with Gasteiger partial charge in [0.25, 0.3) is 0 Å². The molecule has 1 unspecified atom stereocenters. The van der Waals surface area contributed by atoms with Crippen molar-refractivity contribution in [3.05, 3.63) is 35.4 Å². The van der Waals surface area contributed by atoms with E-state index in [1.807, 2.05) is 7.05 Å². The standard InChI is InChI=1S/C13H16F2N2O/c1-17-5-4-16-8-10(17)7-13(18)11-3-2-9(14)6-12(11)15/h2-3,6,10,16H,4-5,7-8H2,1H3. The van der Waals surface area contributed by atoms with Crippen molar-refractivity contribution in [1.82, 2.24) is 10.2 Å². The molecular formula is C13H16F2N2O. The Bertz CT molecular complexity index is 451. The smallest absolute Gasteiger partial charge is 0.167 e. The molecule has 3 nitrogen and oxygen atoms in total. The third-order valence-electron chi connectivity index (χ3n) is 3.30. The fourth-order valence-electron chi connectivity index (χ4n) is 2.13. The number of piperazine rings is 1. The van der Waals surface area contributed by atoms with E-state index in [1.165, 1.54) is 6.07 Å². The van der Waals surface area contributed by atoms with Crippen LogP contribution in [0.3, 0.4) is 0 Å². The normalized spacial score (nSPS) is 20.9. The molecule has 0 aromatic heterocycles. The second-order valence-corrected chi connectivity index (χ2v) is 4.59. The topological polar surface area (TPSA) is 32.3 Å². The molecule has 0 saturated carbocycles. The number of ketones is 1. The van der Waals surface area contributed by atoms with Crippen LogP contribution >= 0.6 is 0 Å². The van der Waals surface area contributed by atoms with Crippen molar-refractivity contribution in [2.24, 2.45) is 0 Å². The Morgan fingerprint density at radius 1 is 1.50 bits per heavy atom. The zero-order valence-electron chi connectivity index (χ0n) is 10.2. The van der Waals surface area contributed by atoms with E-state index in [0.717, 1.165) is 25.2 Å². The maximum atomic E-state index is 13.5. The molecule has 0 bridgehead atoms. The molecule has 1 N–H and O–H groups in total. The summed E-state index contributed by atoms with van der Waals surface area (Å²) >= 11 is 0. The van der Waals surface area contributed by atoms with Crippen LogP contribution in [0.5, 0.6) is 0 Å². The Morgan fingerprint density at radius 2 is 2.28 bits per heavy atom. The number of Topliss-reactive ketones (excluding diaryl/α,β-unsaturated/α-hetero) is 1. The SMILES string of the molecule is CN1CCNCC1CC(=O)c1ccc(F)cc1F. The van der Waals surface area contributed by atoms with Crippen molar-refractivity contribution < 1.29 is 13.6 Å². The highest BCUT2D eigenvalue weighted by Gasteiger charge is 2.23. The number of nitrogens with zero attached hydrogens (tertiary/aromatic N) is 1. The first-order valence-electron chi connectivity index (χ1n) is 5.97. The molecule has 1 aromatic rings. The molecule has 0 radical (unpaired) electrons. The quantitative estimate of drug-likeness (QED) is 0.828. The molecule has 0 amide bonds. The molecule has 0 spiro atoms. The van der Waals surface area contributed by atoms with Gasteiger partial charge in [0, 0.05) is 38.2 Å². The van der Waals surface area contributed by atoms with E-state index in [-0.39, 0.29) is 23.8 Å². The third kappa shape index (κ3) is 2.91. The Labute approximate surface area is 105 Å². The summed E-state index contributed by atoms with van der Waals surface area (Å²) in [6, 6.07) is 3.13. The number of benzene rings is 1. The molecule has 1 aromatic carbocycles. The van der Waals surface area contributed by atoms with Crippen molar-refractivity contribution in [3.8, 4) is 0 Å². The summed E-state index contributed by atoms with van der Waals surface area (Å²) < 4.78 is 26.2. The molecule has 1 aliphatic heterocycles. The summed E-state index contributed by atoms with van der Waals surface area (Å²) in [4.78, 5) is 14.1. The molecular weight excluding hydrogens is 238 g/mol. The number of carbonyl (C=O) groups excluding carboxylic acids is 1. The summed E-state index contributed by atoms with van der Waals surface area (Å²) in [6.45, 7) is 2.47. The zero-order chi connectivity index (χ0) is 13.1. The number of nitrogens with one attached hydrogen (secondary N) is 1. The lowest BCUT2D eigenvalue weighted by Gasteiger charge is -2.32. The number of carbonyl (C=O) groups is 1. The van der Waals surface area contributed by atoms with E-state index in [1.54, 1.807) is 0 Å². The van der Waals surface area contributed by atoms with Crippen LogP contribution in [0.15, 0.2) is 18.2 Å². The average Bonchev–Trinajstić information content (AvgIpc) is 2.32. The monoisotopic (exact) mass is 254 g/mol. The molecule has 2 rings (SSSR count). The first-order valence-corrected chi connectivity index (χ1v) is 5.97.